The van der Waals surface area contributed by atoms with Crippen molar-refractivity contribution in [1.29, 1.82) is 0 Å². The highest BCUT2D eigenvalue weighted by Crippen LogP contribution is 2.68. The smallest absolute Gasteiger partial charge is 0.0899 e. The molecule has 4 heteroatoms. The summed E-state index contributed by atoms with van der Waals surface area (Å²) < 4.78 is 13.1. The summed E-state index contributed by atoms with van der Waals surface area (Å²) in [5, 5.41) is 12.1. The third-order valence-electron chi connectivity index (χ3n) is 13.0. The largest absolute Gasteiger partial charge is 0.388 e. The van der Waals surface area contributed by atoms with E-state index in [0.717, 1.165) is 19.3 Å². The van der Waals surface area contributed by atoms with Crippen LogP contribution < -0.4 is 0 Å². The van der Waals surface area contributed by atoms with Gasteiger partial charge in [-0.2, -0.15) is 0 Å². The molecule has 1 aromatic heterocycles. The Morgan fingerprint density at radius 2 is 1.76 bits per heavy atom. The molecular formula is C37H49NO3. The van der Waals surface area contributed by atoms with Crippen LogP contribution in [0.5, 0.6) is 0 Å². The first-order chi connectivity index (χ1) is 19.1. The van der Waals surface area contributed by atoms with Gasteiger partial charge in [-0.05, 0) is 150 Å². The Balaban J connectivity index is 1.20. The van der Waals surface area contributed by atoms with Crippen LogP contribution in [0.15, 0.2) is 29.9 Å². The summed E-state index contributed by atoms with van der Waals surface area (Å²) in [5.41, 5.74) is 9.49. The number of aromatic nitrogens is 1. The molecule has 2 aromatic rings. The average molecular weight is 556 g/mol. The highest BCUT2D eigenvalue weighted by atomic mass is 16.5. The number of benzene rings is 1. The fraction of sp³-hybridized carbons (Fsp3) is 0.676. The normalized spacial score (nSPS) is 40.1. The Hall–Kier alpha value is -1.88. The zero-order valence-electron chi connectivity index (χ0n) is 26.4. The van der Waals surface area contributed by atoms with Crippen LogP contribution in [0.4, 0.5) is 0 Å². The van der Waals surface area contributed by atoms with E-state index in [4.69, 9.17) is 9.47 Å². The molecule has 5 unspecified atom stereocenters. The van der Waals surface area contributed by atoms with Gasteiger partial charge >= 0.3 is 0 Å². The predicted molar refractivity (Wildman–Crippen MR) is 165 cm³/mol. The molecule has 2 saturated carbocycles. The Labute approximate surface area is 246 Å². The molecule has 1 aromatic carbocycles. The summed E-state index contributed by atoms with van der Waals surface area (Å²) in [5.74, 6) is 1.65. The summed E-state index contributed by atoms with van der Waals surface area (Å²) in [7, 11) is 0. The number of hydrogen-bond donors (Lipinski definition) is 2. The maximum absolute atomic E-state index is 10.7. The molecule has 0 spiro atoms. The Kier molecular flexibility index (Phi) is 5.20. The maximum Gasteiger partial charge on any atom is 0.0899 e. The molecule has 2 fully saturated rings. The van der Waals surface area contributed by atoms with Crippen molar-refractivity contribution in [2.75, 3.05) is 0 Å². The van der Waals surface area contributed by atoms with Crippen LogP contribution in [0.1, 0.15) is 110 Å². The van der Waals surface area contributed by atoms with Crippen LogP contribution in [0, 0.1) is 23.2 Å². The van der Waals surface area contributed by atoms with Gasteiger partial charge in [0.05, 0.1) is 29.0 Å². The number of rotatable bonds is 1. The van der Waals surface area contributed by atoms with Crippen molar-refractivity contribution >= 4 is 16.5 Å². The minimum absolute atomic E-state index is 0.108. The van der Waals surface area contributed by atoms with Gasteiger partial charge in [0.1, 0.15) is 0 Å². The van der Waals surface area contributed by atoms with E-state index in [2.05, 4.69) is 70.8 Å². The SMILES string of the molecule is CC1(C)C=C2c3cc4[nH]c5c(c4cc3CC2C(C)(C)O1)CC1CCC2C3=CC[C@@H](C(C)(C)O)OC3CC[C@]2(C)C51C. The molecule has 2 aliphatic heterocycles. The second-order valence-electron chi connectivity index (χ2n) is 16.6. The summed E-state index contributed by atoms with van der Waals surface area (Å²) in [6, 6.07) is 5.03. The molecule has 41 heavy (non-hydrogen) atoms. The first-order valence-corrected chi connectivity index (χ1v) is 16.3. The predicted octanol–water partition coefficient (Wildman–Crippen LogP) is 7.81. The molecule has 0 radical (unpaired) electrons. The van der Waals surface area contributed by atoms with Crippen LogP contribution >= 0.6 is 0 Å². The van der Waals surface area contributed by atoms with Gasteiger partial charge in [-0.1, -0.05) is 19.9 Å². The van der Waals surface area contributed by atoms with Crippen molar-refractivity contribution < 1.29 is 14.6 Å². The number of hydrogen-bond acceptors (Lipinski definition) is 3. The number of aliphatic hydroxyl groups is 1. The van der Waals surface area contributed by atoms with Gasteiger partial charge in [0.25, 0.3) is 0 Å². The van der Waals surface area contributed by atoms with E-state index in [0.29, 0.717) is 17.8 Å². The van der Waals surface area contributed by atoms with E-state index in [1.54, 1.807) is 5.56 Å². The molecular weight excluding hydrogens is 506 g/mol. The van der Waals surface area contributed by atoms with Crippen molar-refractivity contribution in [2.45, 2.75) is 135 Å². The molecule has 4 aliphatic carbocycles. The molecule has 6 aliphatic rings. The first kappa shape index (κ1) is 26.7. The van der Waals surface area contributed by atoms with Gasteiger partial charge in [-0.3, -0.25) is 0 Å². The lowest BCUT2D eigenvalue weighted by atomic mass is 9.44. The summed E-state index contributed by atoms with van der Waals surface area (Å²) in [4.78, 5) is 4.10. The van der Waals surface area contributed by atoms with Crippen LogP contribution in [-0.4, -0.2) is 39.1 Å². The maximum atomic E-state index is 10.7. The number of ether oxygens (including phenoxy) is 2. The summed E-state index contributed by atoms with van der Waals surface area (Å²) in [6.07, 6.45) is 12.8. The zero-order valence-corrected chi connectivity index (χ0v) is 26.4. The van der Waals surface area contributed by atoms with Crippen LogP contribution in [-0.2, 0) is 27.7 Å². The lowest BCUT2D eigenvalue weighted by molar-refractivity contribution is -0.139. The quantitative estimate of drug-likeness (QED) is 0.353. The van der Waals surface area contributed by atoms with Crippen molar-refractivity contribution in [1.82, 2.24) is 4.98 Å². The number of H-pyrrole nitrogens is 1. The summed E-state index contributed by atoms with van der Waals surface area (Å²) in [6.45, 7) is 17.9. The van der Waals surface area contributed by atoms with Crippen molar-refractivity contribution in [3.8, 4) is 0 Å². The number of aromatic amines is 1. The van der Waals surface area contributed by atoms with Gasteiger partial charge in [-0.25, -0.2) is 0 Å². The molecule has 220 valence electrons. The van der Waals surface area contributed by atoms with E-state index < -0.39 is 5.60 Å². The molecule has 0 bridgehead atoms. The minimum Gasteiger partial charge on any atom is -0.388 e. The minimum atomic E-state index is -0.802. The standard InChI is InChI=1S/C37H49NO3/c1-33(2)19-26-23-18-29-24(15-20(23)16-28(26)35(5,6)41-33)25-17-21-9-11-27-22-10-12-31(34(3,4)39)40-30(22)13-14-36(27,7)37(21,8)32(25)38-29/h10,15,18-19,21,27-28,30-31,38-39H,9,11-14,16-17H2,1-8H3/t21?,27?,28?,30?,31-,36-,37?/m0/s1. The topological polar surface area (TPSA) is 54.5 Å². The third-order valence-corrected chi connectivity index (χ3v) is 13.0. The van der Waals surface area contributed by atoms with Crippen LogP contribution in [0.25, 0.3) is 16.5 Å². The third kappa shape index (κ3) is 3.45. The van der Waals surface area contributed by atoms with Crippen LogP contribution in [0.2, 0.25) is 0 Å². The monoisotopic (exact) mass is 555 g/mol. The molecule has 4 nitrogen and oxygen atoms in total. The van der Waals surface area contributed by atoms with Gasteiger partial charge in [0.15, 0.2) is 0 Å². The van der Waals surface area contributed by atoms with Gasteiger partial charge in [-0.15, -0.1) is 0 Å². The molecule has 0 saturated heterocycles. The second-order valence-corrected chi connectivity index (χ2v) is 16.6. The number of fused-ring (bicyclic) bond motifs is 12. The fourth-order valence-electron chi connectivity index (χ4n) is 10.9. The van der Waals surface area contributed by atoms with E-state index in [1.165, 1.54) is 64.6 Å². The van der Waals surface area contributed by atoms with Gasteiger partial charge in [0.2, 0.25) is 0 Å². The number of nitrogens with one attached hydrogen (secondary N) is 1. The average Bonchev–Trinajstić information content (AvgIpc) is 3.50. The molecule has 8 rings (SSSR count). The van der Waals surface area contributed by atoms with Crippen LogP contribution in [0.3, 0.4) is 0 Å². The fourth-order valence-corrected chi connectivity index (χ4v) is 10.9. The van der Waals surface area contributed by atoms with E-state index in [9.17, 15) is 5.11 Å². The van der Waals surface area contributed by atoms with E-state index in [1.807, 2.05) is 13.8 Å². The van der Waals surface area contributed by atoms with Gasteiger partial charge < -0.3 is 19.6 Å². The lowest BCUT2D eigenvalue weighted by Gasteiger charge is -2.61. The zero-order chi connectivity index (χ0) is 28.9. The second kappa shape index (κ2) is 7.98. The molecule has 2 N–H and O–H groups in total. The lowest BCUT2D eigenvalue weighted by Crippen LogP contribution is -2.58. The molecule has 3 heterocycles. The molecule has 0 amide bonds. The molecule has 7 atom stereocenters. The van der Waals surface area contributed by atoms with Crippen molar-refractivity contribution in [2.24, 2.45) is 23.2 Å². The van der Waals surface area contributed by atoms with Crippen molar-refractivity contribution in [3.63, 3.8) is 0 Å². The highest BCUT2D eigenvalue weighted by molar-refractivity contribution is 5.92. The Morgan fingerprint density at radius 3 is 2.51 bits per heavy atom. The first-order valence-electron chi connectivity index (χ1n) is 16.3. The van der Waals surface area contributed by atoms with Gasteiger partial charge in [0, 0.05) is 27.9 Å². The Morgan fingerprint density at radius 1 is 0.976 bits per heavy atom. The Bertz CT molecular complexity index is 1530. The van der Waals surface area contributed by atoms with E-state index >= 15 is 0 Å². The van der Waals surface area contributed by atoms with Crippen molar-refractivity contribution in [3.05, 3.63) is 52.2 Å². The highest BCUT2D eigenvalue weighted by Gasteiger charge is 2.63. The summed E-state index contributed by atoms with van der Waals surface area (Å²) >= 11 is 0. The van der Waals surface area contributed by atoms with E-state index in [-0.39, 0.29) is 34.2 Å².